The van der Waals surface area contributed by atoms with Gasteiger partial charge in [0.2, 0.25) is 5.78 Å². The predicted octanol–water partition coefficient (Wildman–Crippen LogP) is 3.70. The van der Waals surface area contributed by atoms with Crippen molar-refractivity contribution < 1.29 is 28.3 Å². The lowest BCUT2D eigenvalue weighted by atomic mass is 9.53. The molecule has 0 aromatic carbocycles. The van der Waals surface area contributed by atoms with Crippen LogP contribution in [0.4, 0.5) is 0 Å². The largest absolute Gasteiger partial charge is 0.462 e. The van der Waals surface area contributed by atoms with Crippen molar-refractivity contribution in [1.29, 1.82) is 0 Å². The molecule has 0 unspecified atom stereocenters. The van der Waals surface area contributed by atoms with Gasteiger partial charge in [0.1, 0.15) is 12.2 Å². The number of fused-ring (bicyclic) bond motifs is 2. The summed E-state index contributed by atoms with van der Waals surface area (Å²) in [5.74, 6) is -1.21. The van der Waals surface area contributed by atoms with Crippen LogP contribution in [0.2, 0.25) is 0 Å². The number of carbonyl (C=O) groups excluding carboxylic acids is 3. The molecule has 1 aromatic rings. The lowest BCUT2D eigenvalue weighted by Crippen LogP contribution is -2.55. The normalized spacial score (nSPS) is 33.4. The number of hydrogen-bond acceptors (Lipinski definition) is 6. The van der Waals surface area contributed by atoms with Crippen LogP contribution in [-0.4, -0.2) is 23.8 Å². The second kappa shape index (κ2) is 6.56. The Morgan fingerprint density at radius 1 is 1.27 bits per heavy atom. The SMILES string of the molecule is CC(=O)O[C@H]1CC[C@H]2C(=O)c3occc3[C@@H](OC(=O)C(C)C)[C@]2(C)[C@H]1C. The third-order valence-electron chi connectivity index (χ3n) is 6.14. The van der Waals surface area contributed by atoms with E-state index in [1.54, 1.807) is 19.9 Å². The molecule has 2 aliphatic rings. The van der Waals surface area contributed by atoms with E-state index in [1.807, 2.05) is 13.8 Å². The van der Waals surface area contributed by atoms with Crippen LogP contribution in [-0.2, 0) is 19.1 Å². The Hall–Kier alpha value is -2.11. The highest BCUT2D eigenvalue weighted by molar-refractivity contribution is 5.99. The molecule has 0 radical (unpaired) electrons. The second-order valence-electron chi connectivity index (χ2n) is 7.97. The van der Waals surface area contributed by atoms with Crippen molar-refractivity contribution in [3.63, 3.8) is 0 Å². The van der Waals surface area contributed by atoms with Crippen molar-refractivity contribution in [3.05, 3.63) is 23.7 Å². The first-order valence-electron chi connectivity index (χ1n) is 9.17. The fourth-order valence-corrected chi connectivity index (χ4v) is 4.48. The lowest BCUT2D eigenvalue weighted by molar-refractivity contribution is -0.184. The van der Waals surface area contributed by atoms with Crippen molar-refractivity contribution in [3.8, 4) is 0 Å². The summed E-state index contributed by atoms with van der Waals surface area (Å²) in [7, 11) is 0. The van der Waals surface area contributed by atoms with Gasteiger partial charge < -0.3 is 13.9 Å². The maximum Gasteiger partial charge on any atom is 0.309 e. The standard InChI is InChI=1S/C20H26O6/c1-10(2)19(23)26-18-13-8-9-24-17(13)16(22)14-6-7-15(25-12(4)21)11(3)20(14,18)5/h8-11,14-15,18H,6-7H2,1-5H3/t11-,14-,15-,18+,20+/m0/s1. The minimum absolute atomic E-state index is 0.0579. The number of ketones is 1. The van der Waals surface area contributed by atoms with E-state index in [2.05, 4.69) is 0 Å². The molecular weight excluding hydrogens is 336 g/mol. The molecule has 0 saturated heterocycles. The molecule has 3 rings (SSSR count). The fraction of sp³-hybridized carbons (Fsp3) is 0.650. The van der Waals surface area contributed by atoms with Crippen LogP contribution in [0, 0.1) is 23.2 Å². The zero-order valence-electron chi connectivity index (χ0n) is 15.9. The second-order valence-corrected chi connectivity index (χ2v) is 7.97. The van der Waals surface area contributed by atoms with Crippen LogP contribution in [0.3, 0.4) is 0 Å². The van der Waals surface area contributed by atoms with Gasteiger partial charge in [0.15, 0.2) is 5.76 Å². The molecule has 1 heterocycles. The first-order chi connectivity index (χ1) is 12.2. The van der Waals surface area contributed by atoms with Gasteiger partial charge in [-0.15, -0.1) is 0 Å². The van der Waals surface area contributed by atoms with Crippen LogP contribution >= 0.6 is 0 Å². The smallest absolute Gasteiger partial charge is 0.309 e. The summed E-state index contributed by atoms with van der Waals surface area (Å²) in [6.07, 6.45) is 1.71. The molecule has 1 aromatic heterocycles. The van der Waals surface area contributed by atoms with Crippen LogP contribution in [0.15, 0.2) is 16.7 Å². The Morgan fingerprint density at radius 2 is 1.96 bits per heavy atom. The number of esters is 2. The lowest BCUT2D eigenvalue weighted by Gasteiger charge is -2.53. The highest BCUT2D eigenvalue weighted by Gasteiger charge is 2.60. The van der Waals surface area contributed by atoms with Crippen molar-refractivity contribution in [2.45, 2.75) is 59.7 Å². The Kier molecular flexibility index (Phi) is 4.71. The molecule has 0 spiro atoms. The van der Waals surface area contributed by atoms with E-state index in [-0.39, 0.29) is 47.3 Å². The minimum atomic E-state index is -0.670. The summed E-state index contributed by atoms with van der Waals surface area (Å²) in [6.45, 7) is 8.87. The predicted molar refractivity (Wildman–Crippen MR) is 92.3 cm³/mol. The van der Waals surface area contributed by atoms with Gasteiger partial charge in [-0.25, -0.2) is 0 Å². The number of ether oxygens (including phenoxy) is 2. The molecule has 0 amide bonds. The average molecular weight is 362 g/mol. The quantitative estimate of drug-likeness (QED) is 0.763. The Morgan fingerprint density at radius 3 is 2.58 bits per heavy atom. The van der Waals surface area contributed by atoms with Crippen LogP contribution < -0.4 is 0 Å². The summed E-state index contributed by atoms with van der Waals surface area (Å²) in [4.78, 5) is 36.9. The van der Waals surface area contributed by atoms with Gasteiger partial charge in [-0.05, 0) is 18.9 Å². The molecule has 142 valence electrons. The summed E-state index contributed by atoms with van der Waals surface area (Å²) in [5, 5.41) is 0. The van der Waals surface area contributed by atoms with Gasteiger partial charge in [-0.3, -0.25) is 14.4 Å². The van der Waals surface area contributed by atoms with Crippen molar-refractivity contribution in [1.82, 2.24) is 0 Å². The topological polar surface area (TPSA) is 82.8 Å². The Labute approximate surface area is 153 Å². The molecule has 26 heavy (non-hydrogen) atoms. The average Bonchev–Trinajstić information content (AvgIpc) is 3.04. The number of hydrogen-bond donors (Lipinski definition) is 0. The van der Waals surface area contributed by atoms with Crippen LogP contribution in [0.25, 0.3) is 0 Å². The Balaban J connectivity index is 2.06. The summed E-state index contributed by atoms with van der Waals surface area (Å²) in [6, 6.07) is 1.70. The van der Waals surface area contributed by atoms with E-state index in [4.69, 9.17) is 13.9 Å². The van der Waals surface area contributed by atoms with E-state index in [9.17, 15) is 14.4 Å². The van der Waals surface area contributed by atoms with E-state index < -0.39 is 11.5 Å². The molecule has 5 atom stereocenters. The van der Waals surface area contributed by atoms with E-state index in [1.165, 1.54) is 13.2 Å². The molecule has 2 aliphatic carbocycles. The third kappa shape index (κ3) is 2.75. The zero-order valence-corrected chi connectivity index (χ0v) is 15.9. The van der Waals surface area contributed by atoms with Gasteiger partial charge in [0, 0.05) is 29.7 Å². The van der Waals surface area contributed by atoms with Crippen LogP contribution in [0.1, 0.15) is 69.7 Å². The van der Waals surface area contributed by atoms with Gasteiger partial charge in [-0.2, -0.15) is 0 Å². The van der Waals surface area contributed by atoms with E-state index >= 15 is 0 Å². The monoisotopic (exact) mass is 362 g/mol. The number of furan rings is 1. The van der Waals surface area contributed by atoms with Gasteiger partial charge >= 0.3 is 11.9 Å². The molecule has 0 bridgehead atoms. The molecule has 0 N–H and O–H groups in total. The van der Waals surface area contributed by atoms with E-state index in [0.717, 1.165) is 0 Å². The van der Waals surface area contributed by atoms with Gasteiger partial charge in [0.25, 0.3) is 0 Å². The molecule has 6 heteroatoms. The molecule has 0 aliphatic heterocycles. The summed E-state index contributed by atoms with van der Waals surface area (Å²) >= 11 is 0. The number of rotatable bonds is 3. The van der Waals surface area contributed by atoms with Crippen molar-refractivity contribution in [2.75, 3.05) is 0 Å². The third-order valence-corrected chi connectivity index (χ3v) is 6.14. The number of carbonyl (C=O) groups is 3. The Bertz CT molecular complexity index is 732. The van der Waals surface area contributed by atoms with E-state index in [0.29, 0.717) is 18.4 Å². The summed E-state index contributed by atoms with van der Waals surface area (Å²) < 4.78 is 16.8. The van der Waals surface area contributed by atoms with Crippen molar-refractivity contribution >= 4 is 17.7 Å². The van der Waals surface area contributed by atoms with Gasteiger partial charge in [0.05, 0.1) is 12.2 Å². The molecule has 1 saturated carbocycles. The first kappa shape index (κ1) is 18.7. The minimum Gasteiger partial charge on any atom is -0.462 e. The highest BCUT2D eigenvalue weighted by Crippen LogP contribution is 2.59. The van der Waals surface area contributed by atoms with Crippen molar-refractivity contribution in [2.24, 2.45) is 23.2 Å². The zero-order chi connectivity index (χ0) is 19.2. The highest BCUT2D eigenvalue weighted by atomic mass is 16.6. The number of Topliss-reactive ketones (excluding diaryl/α,β-unsaturated/α-hetero) is 1. The first-order valence-corrected chi connectivity index (χ1v) is 9.17. The van der Waals surface area contributed by atoms with Gasteiger partial charge in [-0.1, -0.05) is 27.7 Å². The van der Waals surface area contributed by atoms with Crippen LogP contribution in [0.5, 0.6) is 0 Å². The maximum absolute atomic E-state index is 13.0. The molecule has 1 fully saturated rings. The maximum atomic E-state index is 13.0. The summed E-state index contributed by atoms with van der Waals surface area (Å²) in [5.41, 5.74) is -0.0604. The molecular formula is C20H26O6. The molecule has 6 nitrogen and oxygen atoms in total. The fourth-order valence-electron chi connectivity index (χ4n) is 4.48.